The molecule has 1 amide bonds. The molecule has 8 nitrogen and oxygen atoms in total. The number of carbonyl (C=O) groups is 1. The van der Waals surface area contributed by atoms with Gasteiger partial charge in [0.05, 0.1) is 9.82 Å². The molecule has 0 spiro atoms. The van der Waals surface area contributed by atoms with Gasteiger partial charge in [-0.25, -0.2) is 8.42 Å². The number of hydrogen-bond acceptors (Lipinski definition) is 5. The van der Waals surface area contributed by atoms with Crippen LogP contribution in [-0.4, -0.2) is 36.6 Å². The van der Waals surface area contributed by atoms with Crippen molar-refractivity contribution in [3.63, 3.8) is 0 Å². The first-order valence-corrected chi connectivity index (χ1v) is 11.3. The summed E-state index contributed by atoms with van der Waals surface area (Å²) in [6, 6.07) is 8.80. The van der Waals surface area contributed by atoms with Crippen LogP contribution in [0.4, 0.5) is 11.4 Å². The van der Waals surface area contributed by atoms with Gasteiger partial charge in [0, 0.05) is 36.5 Å². The Bertz CT molecular complexity index is 1070. The second-order valence-corrected chi connectivity index (χ2v) is 9.42. The number of benzene rings is 2. The van der Waals surface area contributed by atoms with E-state index >= 15 is 0 Å². The minimum Gasteiger partial charge on any atom is -0.322 e. The Hall–Kier alpha value is -2.78. The molecule has 160 valence electrons. The lowest BCUT2D eigenvalue weighted by atomic mass is 10.1. The Morgan fingerprint density at radius 1 is 1.00 bits per heavy atom. The summed E-state index contributed by atoms with van der Waals surface area (Å²) >= 11 is 0. The fraction of sp³-hybridized carbons (Fsp3) is 0.381. The number of amides is 1. The summed E-state index contributed by atoms with van der Waals surface area (Å²) in [7, 11) is -3.67. The highest BCUT2D eigenvalue weighted by Crippen LogP contribution is 2.26. The van der Waals surface area contributed by atoms with E-state index in [0.29, 0.717) is 29.9 Å². The lowest BCUT2D eigenvalue weighted by Gasteiger charge is -2.21. The monoisotopic (exact) mass is 431 g/mol. The van der Waals surface area contributed by atoms with Gasteiger partial charge in [0.2, 0.25) is 10.0 Å². The molecule has 0 aliphatic carbocycles. The molecule has 1 heterocycles. The van der Waals surface area contributed by atoms with E-state index in [1.54, 1.807) is 26.0 Å². The highest BCUT2D eigenvalue weighted by Gasteiger charge is 2.27. The summed E-state index contributed by atoms with van der Waals surface area (Å²) in [6.07, 6.45) is 3.70. The van der Waals surface area contributed by atoms with Gasteiger partial charge in [-0.2, -0.15) is 4.31 Å². The molecule has 1 fully saturated rings. The summed E-state index contributed by atoms with van der Waals surface area (Å²) < 4.78 is 27.9. The van der Waals surface area contributed by atoms with Crippen molar-refractivity contribution in [3.05, 3.63) is 63.2 Å². The number of anilines is 1. The van der Waals surface area contributed by atoms with E-state index in [9.17, 15) is 23.3 Å². The molecule has 1 aliphatic heterocycles. The molecular weight excluding hydrogens is 406 g/mol. The quantitative estimate of drug-likeness (QED) is 0.568. The third-order valence-electron chi connectivity index (χ3n) is 5.31. The smallest absolute Gasteiger partial charge is 0.270 e. The average molecular weight is 432 g/mol. The van der Waals surface area contributed by atoms with E-state index in [1.807, 2.05) is 0 Å². The van der Waals surface area contributed by atoms with Gasteiger partial charge in [-0.15, -0.1) is 0 Å². The maximum absolute atomic E-state index is 13.2. The van der Waals surface area contributed by atoms with Crippen LogP contribution in [0.3, 0.4) is 0 Å². The fourth-order valence-corrected chi connectivity index (χ4v) is 5.31. The molecule has 2 aromatic rings. The van der Waals surface area contributed by atoms with Crippen LogP contribution < -0.4 is 5.32 Å². The van der Waals surface area contributed by atoms with Crippen LogP contribution in [0.2, 0.25) is 0 Å². The third kappa shape index (κ3) is 4.68. The second kappa shape index (κ2) is 8.93. The molecular formula is C21H25N3O5S. The molecule has 30 heavy (non-hydrogen) atoms. The van der Waals surface area contributed by atoms with E-state index in [2.05, 4.69) is 5.32 Å². The van der Waals surface area contributed by atoms with Crippen molar-refractivity contribution < 1.29 is 18.1 Å². The second-order valence-electron chi connectivity index (χ2n) is 7.51. The van der Waals surface area contributed by atoms with Crippen molar-refractivity contribution in [1.82, 2.24) is 4.31 Å². The van der Waals surface area contributed by atoms with Gasteiger partial charge in [-0.05, 0) is 49.9 Å². The number of nitrogens with zero attached hydrogens (tertiary/aromatic N) is 2. The minimum atomic E-state index is -3.67. The molecule has 0 unspecified atom stereocenters. The number of nitro benzene ring substituents is 1. The number of nitrogens with one attached hydrogen (secondary N) is 1. The molecule has 0 bridgehead atoms. The summed E-state index contributed by atoms with van der Waals surface area (Å²) in [5.74, 6) is -0.529. The molecule has 1 N–H and O–H groups in total. The van der Waals surface area contributed by atoms with Gasteiger partial charge in [0.25, 0.3) is 11.6 Å². The van der Waals surface area contributed by atoms with Gasteiger partial charge < -0.3 is 5.32 Å². The van der Waals surface area contributed by atoms with Crippen LogP contribution in [0.15, 0.2) is 41.3 Å². The van der Waals surface area contributed by atoms with Gasteiger partial charge in [-0.3, -0.25) is 14.9 Å². The predicted octanol–water partition coefficient (Wildman–Crippen LogP) is 4.03. The first kappa shape index (κ1) is 21.9. The van der Waals surface area contributed by atoms with Crippen LogP contribution in [0, 0.1) is 24.0 Å². The SMILES string of the molecule is Cc1ccc([N+](=O)[O-])cc1C(=O)Nc1ccc(C)c(S(=O)(=O)N2CCCCCC2)c1. The number of nitro groups is 1. The normalized spacial score (nSPS) is 15.4. The number of aryl methyl sites for hydroxylation is 2. The van der Waals surface area contributed by atoms with Crippen LogP contribution in [0.1, 0.15) is 47.2 Å². The maximum Gasteiger partial charge on any atom is 0.270 e. The topological polar surface area (TPSA) is 110 Å². The molecule has 0 saturated carbocycles. The summed E-state index contributed by atoms with van der Waals surface area (Å²) in [6.45, 7) is 4.39. The van der Waals surface area contributed by atoms with Crippen molar-refractivity contribution in [1.29, 1.82) is 0 Å². The number of sulfonamides is 1. The van der Waals surface area contributed by atoms with Crippen molar-refractivity contribution in [2.24, 2.45) is 0 Å². The molecule has 2 aromatic carbocycles. The van der Waals surface area contributed by atoms with Crippen LogP contribution in [0.25, 0.3) is 0 Å². The molecule has 0 aromatic heterocycles. The zero-order chi connectivity index (χ0) is 21.9. The first-order valence-electron chi connectivity index (χ1n) is 9.87. The molecule has 0 atom stereocenters. The van der Waals surface area contributed by atoms with Crippen molar-refractivity contribution in [2.75, 3.05) is 18.4 Å². The zero-order valence-electron chi connectivity index (χ0n) is 17.1. The van der Waals surface area contributed by atoms with E-state index in [1.165, 1.54) is 28.6 Å². The average Bonchev–Trinajstić information content (AvgIpc) is 2.99. The Morgan fingerprint density at radius 2 is 1.63 bits per heavy atom. The van der Waals surface area contributed by atoms with Gasteiger partial charge in [0.15, 0.2) is 0 Å². The largest absolute Gasteiger partial charge is 0.322 e. The molecule has 0 radical (unpaired) electrons. The number of non-ortho nitro benzene ring substituents is 1. The summed E-state index contributed by atoms with van der Waals surface area (Å²) in [5, 5.41) is 13.7. The minimum absolute atomic E-state index is 0.165. The Labute approximate surface area is 176 Å². The standard InChI is InChI=1S/C21H25N3O5S/c1-15-8-10-18(24(26)27)14-19(15)21(25)22-17-9-7-16(2)20(13-17)30(28,29)23-11-5-3-4-6-12-23/h7-10,13-14H,3-6,11-12H2,1-2H3,(H,22,25). The predicted molar refractivity (Wildman–Crippen MR) is 114 cm³/mol. The molecule has 9 heteroatoms. The Balaban J connectivity index is 1.89. The van der Waals surface area contributed by atoms with Crippen molar-refractivity contribution in [3.8, 4) is 0 Å². The van der Waals surface area contributed by atoms with E-state index in [0.717, 1.165) is 25.7 Å². The highest BCUT2D eigenvalue weighted by molar-refractivity contribution is 7.89. The molecule has 1 aliphatic rings. The number of rotatable bonds is 5. The first-order chi connectivity index (χ1) is 14.2. The van der Waals surface area contributed by atoms with Gasteiger partial charge in [0.1, 0.15) is 0 Å². The summed E-state index contributed by atoms with van der Waals surface area (Å²) in [4.78, 5) is 23.3. The van der Waals surface area contributed by atoms with Crippen molar-refractivity contribution in [2.45, 2.75) is 44.4 Å². The highest BCUT2D eigenvalue weighted by atomic mass is 32.2. The van der Waals surface area contributed by atoms with E-state index < -0.39 is 20.9 Å². The van der Waals surface area contributed by atoms with E-state index in [-0.39, 0.29) is 16.1 Å². The third-order valence-corrected chi connectivity index (χ3v) is 7.35. The van der Waals surface area contributed by atoms with Crippen LogP contribution in [-0.2, 0) is 10.0 Å². The number of hydrogen-bond donors (Lipinski definition) is 1. The summed E-state index contributed by atoms with van der Waals surface area (Å²) in [5.41, 5.74) is 1.50. The Morgan fingerprint density at radius 3 is 2.27 bits per heavy atom. The zero-order valence-corrected chi connectivity index (χ0v) is 17.9. The fourth-order valence-electron chi connectivity index (χ4n) is 3.54. The Kier molecular flexibility index (Phi) is 6.52. The lowest BCUT2D eigenvalue weighted by Crippen LogP contribution is -2.32. The van der Waals surface area contributed by atoms with Gasteiger partial charge in [-0.1, -0.05) is 25.0 Å². The number of carbonyl (C=O) groups excluding carboxylic acids is 1. The van der Waals surface area contributed by atoms with Crippen molar-refractivity contribution >= 4 is 27.3 Å². The molecule has 3 rings (SSSR count). The van der Waals surface area contributed by atoms with Crippen LogP contribution in [0.5, 0.6) is 0 Å². The molecule has 1 saturated heterocycles. The van der Waals surface area contributed by atoms with Crippen LogP contribution >= 0.6 is 0 Å². The van der Waals surface area contributed by atoms with E-state index in [4.69, 9.17) is 0 Å². The maximum atomic E-state index is 13.2. The lowest BCUT2D eigenvalue weighted by molar-refractivity contribution is -0.384. The van der Waals surface area contributed by atoms with Gasteiger partial charge >= 0.3 is 0 Å².